The molecule has 0 saturated heterocycles. The van der Waals surface area contributed by atoms with Crippen LogP contribution in [0.4, 0.5) is 0 Å². The van der Waals surface area contributed by atoms with Gasteiger partial charge in [0.15, 0.2) is 0 Å². The van der Waals surface area contributed by atoms with Gasteiger partial charge in [-0.1, -0.05) is 86.1 Å². The normalized spacial score (nSPS) is 11.4. The first-order valence-electron chi connectivity index (χ1n) is 10.3. The van der Waals surface area contributed by atoms with Crippen LogP contribution in [-0.2, 0) is 24.3 Å². The van der Waals surface area contributed by atoms with Crippen LogP contribution in [0.1, 0.15) is 50.2 Å². The number of imidazole rings is 1. The van der Waals surface area contributed by atoms with Gasteiger partial charge in [0.1, 0.15) is 10.9 Å². The van der Waals surface area contributed by atoms with Gasteiger partial charge in [-0.3, -0.25) is 0 Å². The van der Waals surface area contributed by atoms with Gasteiger partial charge in [0.25, 0.3) is 0 Å². The van der Waals surface area contributed by atoms with E-state index >= 15 is 0 Å². The van der Waals surface area contributed by atoms with E-state index in [1.54, 1.807) is 17.8 Å². The maximum atomic E-state index is 6.22. The Hall–Kier alpha value is -1.46. The molecule has 6 heteroatoms. The standard InChI is InChI=1S/C24H28Cl2N2OS/c1-4-11-28-22(10-12-29-16-18-8-6-5-7-9-18)27-23(17(2)3)24(28)30-21-14-19(25)13-20(26)15-21/h5-9,13-15,17H,4,10-12,16H2,1-3H3. The smallest absolute Gasteiger partial charge is 0.112 e. The molecule has 0 atom stereocenters. The molecule has 3 rings (SSSR count). The topological polar surface area (TPSA) is 27.1 Å². The fourth-order valence-electron chi connectivity index (χ4n) is 3.26. The Labute approximate surface area is 193 Å². The molecule has 0 spiro atoms. The number of benzene rings is 2. The van der Waals surface area contributed by atoms with Crippen molar-refractivity contribution < 1.29 is 4.74 Å². The lowest BCUT2D eigenvalue weighted by Crippen LogP contribution is -2.08. The van der Waals surface area contributed by atoms with Gasteiger partial charge < -0.3 is 9.30 Å². The molecule has 0 aliphatic heterocycles. The molecule has 0 N–H and O–H groups in total. The van der Waals surface area contributed by atoms with Crippen LogP contribution in [0, 0.1) is 0 Å². The van der Waals surface area contributed by atoms with Gasteiger partial charge >= 0.3 is 0 Å². The van der Waals surface area contributed by atoms with E-state index in [1.165, 1.54) is 10.6 Å². The Bertz CT molecular complexity index is 937. The van der Waals surface area contributed by atoms with Crippen LogP contribution in [-0.4, -0.2) is 16.2 Å². The van der Waals surface area contributed by atoms with Gasteiger partial charge in [-0.05, 0) is 36.1 Å². The fourth-order valence-corrected chi connectivity index (χ4v) is 5.20. The zero-order valence-electron chi connectivity index (χ0n) is 17.7. The van der Waals surface area contributed by atoms with Crippen molar-refractivity contribution in [1.82, 2.24) is 9.55 Å². The number of rotatable bonds is 10. The van der Waals surface area contributed by atoms with Crippen LogP contribution in [0.5, 0.6) is 0 Å². The van der Waals surface area contributed by atoms with E-state index in [9.17, 15) is 0 Å². The molecule has 2 aromatic carbocycles. The van der Waals surface area contributed by atoms with E-state index in [2.05, 4.69) is 37.5 Å². The summed E-state index contributed by atoms with van der Waals surface area (Å²) in [6.07, 6.45) is 1.82. The van der Waals surface area contributed by atoms with Crippen molar-refractivity contribution in [2.45, 2.75) is 62.6 Å². The predicted molar refractivity (Wildman–Crippen MR) is 127 cm³/mol. The van der Waals surface area contributed by atoms with E-state index < -0.39 is 0 Å². The summed E-state index contributed by atoms with van der Waals surface area (Å²) >= 11 is 14.1. The molecule has 3 aromatic rings. The van der Waals surface area contributed by atoms with Crippen molar-refractivity contribution in [3.63, 3.8) is 0 Å². The highest BCUT2D eigenvalue weighted by atomic mass is 35.5. The average molecular weight is 463 g/mol. The Kier molecular flexibility index (Phi) is 8.70. The molecule has 30 heavy (non-hydrogen) atoms. The summed E-state index contributed by atoms with van der Waals surface area (Å²) in [5.41, 5.74) is 2.30. The highest BCUT2D eigenvalue weighted by Gasteiger charge is 2.20. The third-order valence-electron chi connectivity index (χ3n) is 4.65. The lowest BCUT2D eigenvalue weighted by atomic mass is 10.1. The van der Waals surface area contributed by atoms with Gasteiger partial charge in [0, 0.05) is 27.9 Å². The summed E-state index contributed by atoms with van der Waals surface area (Å²) in [7, 11) is 0. The van der Waals surface area contributed by atoms with Crippen LogP contribution < -0.4 is 0 Å². The first-order chi connectivity index (χ1) is 14.5. The van der Waals surface area contributed by atoms with Crippen LogP contribution in [0.15, 0.2) is 58.5 Å². The van der Waals surface area contributed by atoms with E-state index in [-0.39, 0.29) is 0 Å². The summed E-state index contributed by atoms with van der Waals surface area (Å²) in [5, 5.41) is 2.46. The zero-order valence-corrected chi connectivity index (χ0v) is 20.0. The molecule has 0 bridgehead atoms. The predicted octanol–water partition coefficient (Wildman–Crippen LogP) is 7.63. The molecule has 160 valence electrons. The molecule has 1 heterocycles. The maximum absolute atomic E-state index is 6.22. The first kappa shape index (κ1) is 23.2. The summed E-state index contributed by atoms with van der Waals surface area (Å²) in [4.78, 5) is 6.04. The molecule has 0 fully saturated rings. The highest BCUT2D eigenvalue weighted by molar-refractivity contribution is 7.99. The van der Waals surface area contributed by atoms with Crippen molar-refractivity contribution in [2.24, 2.45) is 0 Å². The van der Waals surface area contributed by atoms with E-state index in [0.717, 1.165) is 35.8 Å². The molecule has 3 nitrogen and oxygen atoms in total. The molecule has 0 amide bonds. The monoisotopic (exact) mass is 462 g/mol. The number of hydrogen-bond donors (Lipinski definition) is 0. The second-order valence-electron chi connectivity index (χ2n) is 7.52. The summed E-state index contributed by atoms with van der Waals surface area (Å²) in [6, 6.07) is 15.9. The largest absolute Gasteiger partial charge is 0.376 e. The fraction of sp³-hybridized carbons (Fsp3) is 0.375. The number of aromatic nitrogens is 2. The number of hydrogen-bond acceptors (Lipinski definition) is 3. The highest BCUT2D eigenvalue weighted by Crippen LogP contribution is 2.37. The Morgan fingerprint density at radius 2 is 1.77 bits per heavy atom. The van der Waals surface area contributed by atoms with E-state index in [1.807, 2.05) is 30.3 Å². The van der Waals surface area contributed by atoms with Gasteiger partial charge in [0.05, 0.1) is 18.9 Å². The molecule has 1 aromatic heterocycles. The zero-order chi connectivity index (χ0) is 21.5. The molecular weight excluding hydrogens is 435 g/mol. The quantitative estimate of drug-likeness (QED) is 0.289. The van der Waals surface area contributed by atoms with Crippen LogP contribution in [0.25, 0.3) is 0 Å². The van der Waals surface area contributed by atoms with Crippen molar-refractivity contribution in [2.75, 3.05) is 6.61 Å². The molecule has 0 saturated carbocycles. The molecular formula is C24H28Cl2N2OS. The summed E-state index contributed by atoms with van der Waals surface area (Å²) in [6.45, 7) is 8.74. The Morgan fingerprint density at radius 1 is 1.07 bits per heavy atom. The minimum Gasteiger partial charge on any atom is -0.376 e. The molecule has 0 aliphatic rings. The third kappa shape index (κ3) is 6.27. The van der Waals surface area contributed by atoms with E-state index in [4.69, 9.17) is 32.9 Å². The number of ether oxygens (including phenoxy) is 1. The molecule has 0 aliphatic carbocycles. The molecule has 0 unspecified atom stereocenters. The Morgan fingerprint density at radius 3 is 2.40 bits per heavy atom. The van der Waals surface area contributed by atoms with Crippen LogP contribution >= 0.6 is 35.0 Å². The second-order valence-corrected chi connectivity index (χ2v) is 9.46. The van der Waals surface area contributed by atoms with Crippen LogP contribution in [0.3, 0.4) is 0 Å². The summed E-state index contributed by atoms with van der Waals surface area (Å²) in [5.74, 6) is 1.40. The van der Waals surface area contributed by atoms with Crippen LogP contribution in [0.2, 0.25) is 10.0 Å². The van der Waals surface area contributed by atoms with Crippen molar-refractivity contribution in [1.29, 1.82) is 0 Å². The van der Waals surface area contributed by atoms with Gasteiger partial charge in [-0.25, -0.2) is 4.98 Å². The molecule has 0 radical (unpaired) electrons. The van der Waals surface area contributed by atoms with Gasteiger partial charge in [-0.15, -0.1) is 0 Å². The average Bonchev–Trinajstić information content (AvgIpc) is 3.03. The minimum absolute atomic E-state index is 0.323. The lowest BCUT2D eigenvalue weighted by molar-refractivity contribution is 0.122. The lowest BCUT2D eigenvalue weighted by Gasteiger charge is -2.13. The van der Waals surface area contributed by atoms with Crippen molar-refractivity contribution in [3.8, 4) is 0 Å². The third-order valence-corrected chi connectivity index (χ3v) is 6.18. The SMILES string of the molecule is CCCn1c(CCOCc2ccccc2)nc(C(C)C)c1Sc1cc(Cl)cc(Cl)c1. The Balaban J connectivity index is 1.79. The van der Waals surface area contributed by atoms with Gasteiger partial charge in [0.2, 0.25) is 0 Å². The summed E-state index contributed by atoms with van der Waals surface area (Å²) < 4.78 is 8.26. The van der Waals surface area contributed by atoms with E-state index in [0.29, 0.717) is 29.2 Å². The van der Waals surface area contributed by atoms with Crippen molar-refractivity contribution >= 4 is 35.0 Å². The second kappa shape index (κ2) is 11.2. The number of nitrogens with zero attached hydrogens (tertiary/aromatic N) is 2. The van der Waals surface area contributed by atoms with Gasteiger partial charge in [-0.2, -0.15) is 0 Å². The van der Waals surface area contributed by atoms with Crippen molar-refractivity contribution in [3.05, 3.63) is 75.7 Å². The number of halogens is 2. The first-order valence-corrected chi connectivity index (χ1v) is 11.9. The maximum Gasteiger partial charge on any atom is 0.112 e. The minimum atomic E-state index is 0.323.